The Balaban J connectivity index is 1.73. The third-order valence-electron chi connectivity index (χ3n) is 4.51. The number of likely N-dealkylation sites (tertiary alicyclic amines) is 1. The van der Waals surface area contributed by atoms with Crippen LogP contribution in [0.5, 0.6) is 0 Å². The minimum absolute atomic E-state index is 0.135. The van der Waals surface area contributed by atoms with Crippen LogP contribution in [0.25, 0.3) is 11.3 Å². The zero-order valence-corrected chi connectivity index (χ0v) is 13.6. The lowest BCUT2D eigenvalue weighted by Gasteiger charge is -2.14. The van der Waals surface area contributed by atoms with Crippen molar-refractivity contribution in [3.63, 3.8) is 0 Å². The number of carboxylic acid groups (broad SMARTS) is 1. The molecule has 0 spiro atoms. The summed E-state index contributed by atoms with van der Waals surface area (Å²) in [4.78, 5) is 29.0. The van der Waals surface area contributed by atoms with Gasteiger partial charge in [-0.25, -0.2) is 4.79 Å². The Morgan fingerprint density at radius 2 is 2.04 bits per heavy atom. The number of carbonyl (C=O) groups excluding carboxylic acids is 1. The summed E-state index contributed by atoms with van der Waals surface area (Å²) in [6.07, 6.45) is 3.71. The molecule has 1 fully saturated rings. The second-order valence-electron chi connectivity index (χ2n) is 6.23. The van der Waals surface area contributed by atoms with Crippen LogP contribution in [-0.2, 0) is 11.2 Å². The molecular formula is C19H20N2O3. The normalized spacial score (nSPS) is 17.0. The van der Waals surface area contributed by atoms with E-state index in [-0.39, 0.29) is 11.5 Å². The summed E-state index contributed by atoms with van der Waals surface area (Å²) in [5.41, 5.74) is 2.65. The van der Waals surface area contributed by atoms with E-state index in [1.165, 1.54) is 0 Å². The van der Waals surface area contributed by atoms with E-state index < -0.39 is 5.97 Å². The molecule has 0 saturated carbocycles. The van der Waals surface area contributed by atoms with E-state index in [0.717, 1.165) is 31.5 Å². The molecule has 3 rings (SSSR count). The van der Waals surface area contributed by atoms with Crippen LogP contribution >= 0.6 is 0 Å². The zero-order chi connectivity index (χ0) is 17.1. The highest BCUT2D eigenvalue weighted by atomic mass is 16.4. The van der Waals surface area contributed by atoms with Crippen LogP contribution in [-0.4, -0.2) is 40.0 Å². The van der Waals surface area contributed by atoms with E-state index in [4.69, 9.17) is 0 Å². The summed E-state index contributed by atoms with van der Waals surface area (Å²) in [6.45, 7) is 3.25. The van der Waals surface area contributed by atoms with Gasteiger partial charge in [-0.05, 0) is 36.5 Å². The number of amides is 1. The standard InChI is InChI=1S/C19H20N2O3/c1-13(22)21-9-8-15(12-21)10-14-6-7-18(20-11-14)16-4-2-3-5-17(16)19(23)24/h2-7,11,15H,8-10,12H2,1H3,(H,23,24). The van der Waals surface area contributed by atoms with Gasteiger partial charge < -0.3 is 10.0 Å². The summed E-state index contributed by atoms with van der Waals surface area (Å²) in [5, 5.41) is 9.28. The minimum atomic E-state index is -0.952. The molecule has 1 atom stereocenters. The van der Waals surface area contributed by atoms with Gasteiger partial charge in [-0.2, -0.15) is 0 Å². The number of carbonyl (C=O) groups is 2. The highest BCUT2D eigenvalue weighted by molar-refractivity contribution is 5.95. The Morgan fingerprint density at radius 1 is 1.25 bits per heavy atom. The van der Waals surface area contributed by atoms with E-state index in [9.17, 15) is 14.7 Å². The van der Waals surface area contributed by atoms with Gasteiger partial charge in [0.25, 0.3) is 0 Å². The summed E-state index contributed by atoms with van der Waals surface area (Å²) < 4.78 is 0. The molecule has 0 aliphatic carbocycles. The van der Waals surface area contributed by atoms with E-state index in [1.54, 1.807) is 25.1 Å². The van der Waals surface area contributed by atoms with Gasteiger partial charge in [0.15, 0.2) is 0 Å². The third-order valence-corrected chi connectivity index (χ3v) is 4.51. The number of nitrogens with zero attached hydrogens (tertiary/aromatic N) is 2. The minimum Gasteiger partial charge on any atom is -0.478 e. The molecule has 124 valence electrons. The fourth-order valence-corrected chi connectivity index (χ4v) is 3.22. The van der Waals surface area contributed by atoms with Crippen LogP contribution in [0.4, 0.5) is 0 Å². The van der Waals surface area contributed by atoms with Gasteiger partial charge in [-0.1, -0.05) is 24.3 Å². The van der Waals surface area contributed by atoms with Crippen LogP contribution in [0.3, 0.4) is 0 Å². The van der Waals surface area contributed by atoms with Crippen LogP contribution in [0.2, 0.25) is 0 Å². The lowest BCUT2D eigenvalue weighted by atomic mass is 9.98. The highest BCUT2D eigenvalue weighted by Crippen LogP contribution is 2.24. The molecule has 5 heteroatoms. The molecule has 1 unspecified atom stereocenters. The van der Waals surface area contributed by atoms with Crippen LogP contribution < -0.4 is 0 Å². The van der Waals surface area contributed by atoms with Crippen molar-refractivity contribution in [2.75, 3.05) is 13.1 Å². The highest BCUT2D eigenvalue weighted by Gasteiger charge is 2.24. The van der Waals surface area contributed by atoms with E-state index in [0.29, 0.717) is 17.2 Å². The molecule has 2 heterocycles. The number of pyridine rings is 1. The van der Waals surface area contributed by atoms with Gasteiger partial charge in [0.05, 0.1) is 11.3 Å². The third kappa shape index (κ3) is 3.45. The first-order valence-corrected chi connectivity index (χ1v) is 8.07. The summed E-state index contributed by atoms with van der Waals surface area (Å²) in [5.74, 6) is -0.351. The molecule has 1 amide bonds. The van der Waals surface area contributed by atoms with Crippen molar-refractivity contribution >= 4 is 11.9 Å². The van der Waals surface area contributed by atoms with Gasteiger partial charge in [0.1, 0.15) is 0 Å². The number of rotatable bonds is 4. The smallest absolute Gasteiger partial charge is 0.336 e. The monoisotopic (exact) mass is 324 g/mol. The van der Waals surface area contributed by atoms with Crippen molar-refractivity contribution in [2.24, 2.45) is 5.92 Å². The number of carboxylic acids is 1. The number of hydrogen-bond donors (Lipinski definition) is 1. The van der Waals surface area contributed by atoms with Crippen molar-refractivity contribution in [3.8, 4) is 11.3 Å². The maximum absolute atomic E-state index is 11.4. The fourth-order valence-electron chi connectivity index (χ4n) is 3.22. The van der Waals surface area contributed by atoms with E-state index in [1.807, 2.05) is 29.3 Å². The first kappa shape index (κ1) is 16.2. The lowest BCUT2D eigenvalue weighted by Crippen LogP contribution is -2.26. The molecule has 1 aromatic heterocycles. The van der Waals surface area contributed by atoms with Gasteiger partial charge in [-0.15, -0.1) is 0 Å². The SMILES string of the molecule is CC(=O)N1CCC(Cc2ccc(-c3ccccc3C(=O)O)nc2)C1. The fraction of sp³-hybridized carbons (Fsp3) is 0.316. The van der Waals surface area contributed by atoms with Crippen molar-refractivity contribution in [1.82, 2.24) is 9.88 Å². The van der Waals surface area contributed by atoms with Gasteiger partial charge >= 0.3 is 5.97 Å². The number of aromatic nitrogens is 1. The molecule has 24 heavy (non-hydrogen) atoms. The Morgan fingerprint density at radius 3 is 2.67 bits per heavy atom. The number of benzene rings is 1. The lowest BCUT2D eigenvalue weighted by molar-refractivity contribution is -0.127. The Labute approximate surface area is 140 Å². The zero-order valence-electron chi connectivity index (χ0n) is 13.6. The molecule has 0 bridgehead atoms. The summed E-state index contributed by atoms with van der Waals surface area (Å²) in [7, 11) is 0. The number of hydrogen-bond acceptors (Lipinski definition) is 3. The Bertz CT molecular complexity index is 755. The van der Waals surface area contributed by atoms with Crippen molar-refractivity contribution < 1.29 is 14.7 Å². The topological polar surface area (TPSA) is 70.5 Å². The molecule has 1 aliphatic heterocycles. The molecular weight excluding hydrogens is 304 g/mol. The van der Waals surface area contributed by atoms with Crippen molar-refractivity contribution in [1.29, 1.82) is 0 Å². The predicted octanol–water partition coefficient (Wildman–Crippen LogP) is 2.86. The average molecular weight is 324 g/mol. The molecule has 1 N–H and O–H groups in total. The number of aromatic carboxylic acids is 1. The summed E-state index contributed by atoms with van der Waals surface area (Å²) >= 11 is 0. The largest absolute Gasteiger partial charge is 0.478 e. The molecule has 1 aromatic carbocycles. The molecule has 1 saturated heterocycles. The molecule has 1 aliphatic rings. The van der Waals surface area contributed by atoms with Gasteiger partial charge in [0.2, 0.25) is 5.91 Å². The second kappa shape index (κ2) is 6.83. The van der Waals surface area contributed by atoms with E-state index in [2.05, 4.69) is 4.98 Å². The molecule has 2 aromatic rings. The van der Waals surface area contributed by atoms with Gasteiger partial charge in [-0.3, -0.25) is 9.78 Å². The predicted molar refractivity (Wildman–Crippen MR) is 90.7 cm³/mol. The van der Waals surface area contributed by atoms with Crippen LogP contribution in [0, 0.1) is 5.92 Å². The van der Waals surface area contributed by atoms with Crippen LogP contribution in [0.1, 0.15) is 29.3 Å². The summed E-state index contributed by atoms with van der Waals surface area (Å²) in [6, 6.07) is 10.7. The molecule has 5 nitrogen and oxygen atoms in total. The van der Waals surface area contributed by atoms with Crippen LogP contribution in [0.15, 0.2) is 42.6 Å². The average Bonchev–Trinajstić information content (AvgIpc) is 3.04. The Hall–Kier alpha value is -2.69. The maximum atomic E-state index is 11.4. The van der Waals surface area contributed by atoms with E-state index >= 15 is 0 Å². The molecule has 0 radical (unpaired) electrons. The van der Waals surface area contributed by atoms with Gasteiger partial charge in [0, 0.05) is 31.8 Å². The first-order valence-electron chi connectivity index (χ1n) is 8.07. The Kier molecular flexibility index (Phi) is 4.60. The quantitative estimate of drug-likeness (QED) is 0.939. The maximum Gasteiger partial charge on any atom is 0.336 e. The van der Waals surface area contributed by atoms with Crippen molar-refractivity contribution in [3.05, 3.63) is 53.7 Å². The first-order chi connectivity index (χ1) is 11.5. The van der Waals surface area contributed by atoms with Crippen molar-refractivity contribution in [2.45, 2.75) is 19.8 Å². The second-order valence-corrected chi connectivity index (χ2v) is 6.23.